The molecule has 3 heterocycles. The average molecular weight is 377 g/mol. The van der Waals surface area contributed by atoms with Gasteiger partial charge in [-0.1, -0.05) is 36.4 Å². The maximum Gasteiger partial charge on any atom is 0.0450 e. The van der Waals surface area contributed by atoms with Gasteiger partial charge in [0.15, 0.2) is 0 Å². The number of anilines is 2. The number of para-hydroxylation sites is 2. The van der Waals surface area contributed by atoms with Crippen molar-refractivity contribution in [3.63, 3.8) is 0 Å². The zero-order valence-electron chi connectivity index (χ0n) is 16.3. The van der Waals surface area contributed by atoms with Crippen molar-refractivity contribution in [2.45, 2.75) is 18.3 Å². The first-order chi connectivity index (χ1) is 14.3. The van der Waals surface area contributed by atoms with E-state index in [1.165, 1.54) is 28.1 Å². The normalized spacial score (nSPS) is 14.6. The summed E-state index contributed by atoms with van der Waals surface area (Å²) in [7, 11) is 0. The highest BCUT2D eigenvalue weighted by Gasteiger charge is 2.43. The van der Waals surface area contributed by atoms with E-state index in [0.717, 1.165) is 19.4 Å². The van der Waals surface area contributed by atoms with Crippen LogP contribution in [0.25, 0.3) is 0 Å². The summed E-state index contributed by atoms with van der Waals surface area (Å²) in [5, 5.41) is 0. The fourth-order valence-corrected chi connectivity index (χ4v) is 4.62. The van der Waals surface area contributed by atoms with Crippen LogP contribution in [0.5, 0.6) is 0 Å². The topological polar surface area (TPSA) is 29.0 Å². The van der Waals surface area contributed by atoms with Crippen molar-refractivity contribution in [1.82, 2.24) is 9.97 Å². The molecule has 0 atom stereocenters. The van der Waals surface area contributed by atoms with Gasteiger partial charge in [0.25, 0.3) is 0 Å². The van der Waals surface area contributed by atoms with Crippen LogP contribution in [0.4, 0.5) is 11.4 Å². The van der Waals surface area contributed by atoms with E-state index < -0.39 is 0 Å². The minimum Gasteiger partial charge on any atom is -0.340 e. The Morgan fingerprint density at radius 1 is 0.655 bits per heavy atom. The Balaban J connectivity index is 1.63. The van der Waals surface area contributed by atoms with Gasteiger partial charge >= 0.3 is 0 Å². The zero-order chi connectivity index (χ0) is 19.5. The van der Waals surface area contributed by atoms with Gasteiger partial charge in [0.05, 0.1) is 0 Å². The molecule has 142 valence electrons. The maximum atomic E-state index is 4.21. The number of nitrogens with zero attached hydrogens (tertiary/aromatic N) is 3. The third kappa shape index (κ3) is 3.40. The van der Waals surface area contributed by atoms with E-state index in [1.807, 2.05) is 24.8 Å². The average Bonchev–Trinajstić information content (AvgIpc) is 3.10. The van der Waals surface area contributed by atoms with Crippen LogP contribution in [-0.2, 0) is 18.3 Å². The first kappa shape index (κ1) is 17.6. The van der Waals surface area contributed by atoms with Crippen LogP contribution in [-0.4, -0.2) is 16.5 Å². The van der Waals surface area contributed by atoms with Gasteiger partial charge in [-0.15, -0.1) is 0 Å². The highest BCUT2D eigenvalue weighted by molar-refractivity contribution is 5.73. The van der Waals surface area contributed by atoms with Gasteiger partial charge in [-0.3, -0.25) is 9.97 Å². The molecule has 2 aromatic heterocycles. The van der Waals surface area contributed by atoms with Crippen LogP contribution in [0, 0.1) is 0 Å². The predicted molar refractivity (Wildman–Crippen MR) is 117 cm³/mol. The fraction of sp³-hybridized carbons (Fsp3) is 0.154. The van der Waals surface area contributed by atoms with Gasteiger partial charge in [-0.25, -0.2) is 0 Å². The lowest BCUT2D eigenvalue weighted by Crippen LogP contribution is -2.36. The summed E-state index contributed by atoms with van der Waals surface area (Å²) >= 11 is 0. The molecular weight excluding hydrogens is 354 g/mol. The molecule has 4 aromatic rings. The van der Waals surface area contributed by atoms with Gasteiger partial charge in [0.1, 0.15) is 0 Å². The number of hydrogen-bond donors (Lipinski definition) is 0. The molecule has 0 saturated heterocycles. The second-order valence-electron chi connectivity index (χ2n) is 7.78. The molecule has 0 saturated carbocycles. The fourth-order valence-electron chi connectivity index (χ4n) is 4.62. The van der Waals surface area contributed by atoms with Crippen molar-refractivity contribution in [2.75, 3.05) is 11.4 Å². The Bertz CT molecular complexity index is 1040. The Morgan fingerprint density at radius 2 is 1.21 bits per heavy atom. The third-order valence-corrected chi connectivity index (χ3v) is 5.88. The maximum absolute atomic E-state index is 4.21. The number of hydrogen-bond acceptors (Lipinski definition) is 3. The van der Waals surface area contributed by atoms with Crippen molar-refractivity contribution in [1.29, 1.82) is 0 Å². The molecule has 5 rings (SSSR count). The van der Waals surface area contributed by atoms with Crippen LogP contribution in [0.1, 0.15) is 16.7 Å². The molecule has 3 heteroatoms. The van der Waals surface area contributed by atoms with Gasteiger partial charge in [0, 0.05) is 48.1 Å². The van der Waals surface area contributed by atoms with E-state index in [-0.39, 0.29) is 5.41 Å². The van der Waals surface area contributed by atoms with Crippen molar-refractivity contribution in [3.05, 3.63) is 120 Å². The molecule has 29 heavy (non-hydrogen) atoms. The number of aromatic nitrogens is 2. The standard InChI is InChI=1S/C26H23N3/c1-2-6-23(7-3-1)29-20-26(18-21-10-14-27-15-11-21,19-22-12-16-28-17-13-22)24-8-4-5-9-25(24)29/h1-17H,18-20H2. The van der Waals surface area contributed by atoms with Gasteiger partial charge in [-0.2, -0.15) is 0 Å². The molecule has 1 aliphatic rings. The second-order valence-corrected chi connectivity index (χ2v) is 7.78. The minimum absolute atomic E-state index is 0.0187. The molecule has 0 spiro atoms. The third-order valence-electron chi connectivity index (χ3n) is 5.88. The summed E-state index contributed by atoms with van der Waals surface area (Å²) in [5.41, 5.74) is 6.58. The number of pyridine rings is 2. The zero-order valence-corrected chi connectivity index (χ0v) is 16.3. The Morgan fingerprint density at radius 3 is 1.83 bits per heavy atom. The van der Waals surface area contributed by atoms with Crippen molar-refractivity contribution >= 4 is 11.4 Å². The lowest BCUT2D eigenvalue weighted by Gasteiger charge is -2.31. The van der Waals surface area contributed by atoms with E-state index in [0.29, 0.717) is 0 Å². The molecule has 0 N–H and O–H groups in total. The Labute approximate surface area is 171 Å². The van der Waals surface area contributed by atoms with Crippen LogP contribution in [0.15, 0.2) is 104 Å². The summed E-state index contributed by atoms with van der Waals surface area (Å²) in [6.07, 6.45) is 9.52. The molecule has 0 amide bonds. The van der Waals surface area contributed by atoms with Crippen molar-refractivity contribution in [2.24, 2.45) is 0 Å². The number of benzene rings is 2. The molecule has 0 radical (unpaired) electrons. The van der Waals surface area contributed by atoms with Gasteiger partial charge in [0.2, 0.25) is 0 Å². The van der Waals surface area contributed by atoms with E-state index >= 15 is 0 Å². The molecule has 2 aromatic carbocycles. The molecule has 0 fully saturated rings. The lowest BCUT2D eigenvalue weighted by molar-refractivity contribution is 0.452. The predicted octanol–water partition coefficient (Wildman–Crippen LogP) is 5.35. The molecule has 0 aliphatic carbocycles. The van der Waals surface area contributed by atoms with Crippen molar-refractivity contribution < 1.29 is 0 Å². The van der Waals surface area contributed by atoms with E-state index in [2.05, 4.69) is 93.7 Å². The smallest absolute Gasteiger partial charge is 0.0450 e. The summed E-state index contributed by atoms with van der Waals surface area (Å²) in [5.74, 6) is 0. The molecule has 1 aliphatic heterocycles. The first-order valence-electron chi connectivity index (χ1n) is 10.0. The van der Waals surface area contributed by atoms with E-state index in [4.69, 9.17) is 0 Å². The Kier molecular flexibility index (Phi) is 4.57. The van der Waals surface area contributed by atoms with Crippen LogP contribution in [0.3, 0.4) is 0 Å². The summed E-state index contributed by atoms with van der Waals surface area (Å²) < 4.78 is 0. The van der Waals surface area contributed by atoms with E-state index in [1.54, 1.807) is 0 Å². The van der Waals surface area contributed by atoms with Crippen molar-refractivity contribution in [3.8, 4) is 0 Å². The molecular formula is C26H23N3. The highest BCUT2D eigenvalue weighted by atomic mass is 15.2. The minimum atomic E-state index is -0.0187. The van der Waals surface area contributed by atoms with Gasteiger partial charge in [-0.05, 0) is 72.0 Å². The SMILES string of the molecule is c1ccc(N2CC(Cc3ccncc3)(Cc3ccncc3)c3ccccc32)cc1. The number of rotatable bonds is 5. The molecule has 0 unspecified atom stereocenters. The van der Waals surface area contributed by atoms with E-state index in [9.17, 15) is 0 Å². The lowest BCUT2D eigenvalue weighted by atomic mass is 9.73. The monoisotopic (exact) mass is 377 g/mol. The summed E-state index contributed by atoms with van der Waals surface area (Å²) in [4.78, 5) is 10.9. The molecule has 3 nitrogen and oxygen atoms in total. The summed E-state index contributed by atoms with van der Waals surface area (Å²) in [6, 6.07) is 28.1. The van der Waals surface area contributed by atoms with Gasteiger partial charge < -0.3 is 4.90 Å². The second kappa shape index (κ2) is 7.51. The number of fused-ring (bicyclic) bond motifs is 1. The van der Waals surface area contributed by atoms with Crippen LogP contribution >= 0.6 is 0 Å². The Hall–Kier alpha value is -3.46. The van der Waals surface area contributed by atoms with Crippen LogP contribution < -0.4 is 4.90 Å². The quantitative estimate of drug-likeness (QED) is 0.469. The largest absolute Gasteiger partial charge is 0.340 e. The highest BCUT2D eigenvalue weighted by Crippen LogP contribution is 2.47. The first-order valence-corrected chi connectivity index (χ1v) is 10.0. The van der Waals surface area contributed by atoms with Crippen LogP contribution in [0.2, 0.25) is 0 Å². The summed E-state index contributed by atoms with van der Waals surface area (Å²) in [6.45, 7) is 0.945. The molecule has 0 bridgehead atoms.